The largest absolute Gasteiger partial charge is 0.436 e. The van der Waals surface area contributed by atoms with Crippen LogP contribution >= 0.6 is 23.2 Å². The van der Waals surface area contributed by atoms with E-state index in [2.05, 4.69) is 9.97 Å². The lowest BCUT2D eigenvalue weighted by atomic mass is 10.3. The topological polar surface area (TPSA) is 58.8 Å². The van der Waals surface area contributed by atoms with Gasteiger partial charge in [0.05, 0.1) is 17.4 Å². The smallest absolute Gasteiger partial charge is 0.237 e. The first-order chi connectivity index (χ1) is 8.20. The van der Waals surface area contributed by atoms with Crippen LogP contribution in [0.5, 0.6) is 11.6 Å². The summed E-state index contributed by atoms with van der Waals surface area (Å²) in [7, 11) is 0. The van der Waals surface area contributed by atoms with E-state index < -0.39 is 0 Å². The van der Waals surface area contributed by atoms with Crippen LogP contribution in [0.2, 0.25) is 10.0 Å². The van der Waals surface area contributed by atoms with Gasteiger partial charge in [-0.1, -0.05) is 29.3 Å². The van der Waals surface area contributed by atoms with Gasteiger partial charge in [-0.15, -0.1) is 0 Å². The van der Waals surface area contributed by atoms with Crippen molar-refractivity contribution in [2.24, 2.45) is 0 Å². The van der Waals surface area contributed by atoms with Gasteiger partial charge in [0.25, 0.3) is 0 Å². The number of rotatable bonds is 2. The van der Waals surface area contributed by atoms with Crippen LogP contribution in [0.25, 0.3) is 0 Å². The molecule has 0 N–H and O–H groups in total. The predicted octanol–water partition coefficient (Wildman–Crippen LogP) is 3.45. The Morgan fingerprint density at radius 1 is 1.18 bits per heavy atom. The molecule has 0 fully saturated rings. The third-order valence-electron chi connectivity index (χ3n) is 1.87. The van der Waals surface area contributed by atoms with Crippen molar-refractivity contribution in [3.63, 3.8) is 0 Å². The Hall–Kier alpha value is -1.83. The van der Waals surface area contributed by atoms with Gasteiger partial charge in [0.15, 0.2) is 5.69 Å². The molecule has 6 heteroatoms. The van der Waals surface area contributed by atoms with Crippen LogP contribution < -0.4 is 4.74 Å². The van der Waals surface area contributed by atoms with Crippen molar-refractivity contribution >= 4 is 23.2 Å². The average molecular weight is 266 g/mol. The summed E-state index contributed by atoms with van der Waals surface area (Å²) in [4.78, 5) is 7.73. The minimum Gasteiger partial charge on any atom is -0.436 e. The van der Waals surface area contributed by atoms with E-state index in [0.717, 1.165) is 0 Å². The van der Waals surface area contributed by atoms with E-state index in [0.29, 0.717) is 15.8 Å². The van der Waals surface area contributed by atoms with Crippen molar-refractivity contribution < 1.29 is 4.74 Å². The fourth-order valence-electron chi connectivity index (χ4n) is 1.10. The van der Waals surface area contributed by atoms with Crippen LogP contribution in [-0.4, -0.2) is 9.97 Å². The third kappa shape index (κ3) is 2.64. The van der Waals surface area contributed by atoms with E-state index >= 15 is 0 Å². The normalized spacial score (nSPS) is 9.71. The van der Waals surface area contributed by atoms with Crippen molar-refractivity contribution in [3.8, 4) is 17.7 Å². The molecule has 0 aliphatic carbocycles. The summed E-state index contributed by atoms with van der Waals surface area (Å²) in [5, 5.41) is 9.27. The van der Waals surface area contributed by atoms with Crippen LogP contribution in [0.1, 0.15) is 5.69 Å². The van der Waals surface area contributed by atoms with E-state index in [1.54, 1.807) is 18.2 Å². The summed E-state index contributed by atoms with van der Waals surface area (Å²) in [5.41, 5.74) is 0.217. The highest BCUT2D eigenvalue weighted by Gasteiger charge is 2.07. The molecule has 0 unspecified atom stereocenters. The van der Waals surface area contributed by atoms with E-state index in [9.17, 15) is 0 Å². The number of ether oxygens (including phenoxy) is 1. The maximum atomic E-state index is 8.57. The lowest BCUT2D eigenvalue weighted by Crippen LogP contribution is -1.91. The average Bonchev–Trinajstić information content (AvgIpc) is 2.36. The molecule has 0 aliphatic heterocycles. The van der Waals surface area contributed by atoms with Gasteiger partial charge < -0.3 is 4.74 Å². The molecule has 0 aliphatic rings. The highest BCUT2D eigenvalue weighted by atomic mass is 35.5. The van der Waals surface area contributed by atoms with Gasteiger partial charge in [-0.2, -0.15) is 5.26 Å². The van der Waals surface area contributed by atoms with Crippen molar-refractivity contribution in [1.29, 1.82) is 5.26 Å². The number of nitrogens with zero attached hydrogens (tertiary/aromatic N) is 3. The van der Waals surface area contributed by atoms with Crippen LogP contribution in [0, 0.1) is 11.3 Å². The SMILES string of the molecule is N#Cc1cnc(Oc2cccc(Cl)c2Cl)cn1. The highest BCUT2D eigenvalue weighted by Crippen LogP contribution is 2.33. The molecule has 1 heterocycles. The monoisotopic (exact) mass is 265 g/mol. The Morgan fingerprint density at radius 2 is 2.00 bits per heavy atom. The highest BCUT2D eigenvalue weighted by molar-refractivity contribution is 6.42. The zero-order valence-corrected chi connectivity index (χ0v) is 9.90. The Bertz CT molecular complexity index is 578. The standard InChI is InChI=1S/C11H5Cl2N3O/c12-8-2-1-3-9(11(8)13)17-10-6-15-7(4-14)5-16-10/h1-3,5-6H. The molecule has 2 aromatic rings. The van der Waals surface area contributed by atoms with Gasteiger partial charge >= 0.3 is 0 Å². The predicted molar refractivity (Wildman–Crippen MR) is 63.3 cm³/mol. The third-order valence-corrected chi connectivity index (χ3v) is 2.67. The summed E-state index contributed by atoms with van der Waals surface area (Å²) in [6.07, 6.45) is 2.66. The van der Waals surface area contributed by atoms with Gasteiger partial charge in [-0.05, 0) is 12.1 Å². The summed E-state index contributed by atoms with van der Waals surface area (Å²) in [6, 6.07) is 6.89. The van der Waals surface area contributed by atoms with Crippen molar-refractivity contribution in [3.05, 3.63) is 46.3 Å². The Balaban J connectivity index is 2.26. The first-order valence-electron chi connectivity index (χ1n) is 4.54. The van der Waals surface area contributed by atoms with Crippen molar-refractivity contribution in [1.82, 2.24) is 9.97 Å². The van der Waals surface area contributed by atoms with Gasteiger partial charge in [-0.3, -0.25) is 0 Å². The van der Waals surface area contributed by atoms with Crippen LogP contribution in [0.3, 0.4) is 0 Å². The van der Waals surface area contributed by atoms with Gasteiger partial charge in [0, 0.05) is 0 Å². The molecule has 0 bridgehead atoms. The van der Waals surface area contributed by atoms with Crippen LogP contribution in [-0.2, 0) is 0 Å². The molecule has 17 heavy (non-hydrogen) atoms. The number of benzene rings is 1. The molecule has 4 nitrogen and oxygen atoms in total. The maximum Gasteiger partial charge on any atom is 0.237 e. The van der Waals surface area contributed by atoms with Crippen molar-refractivity contribution in [2.45, 2.75) is 0 Å². The van der Waals surface area contributed by atoms with Crippen LogP contribution in [0.4, 0.5) is 0 Å². The zero-order chi connectivity index (χ0) is 12.3. The van der Waals surface area contributed by atoms with Crippen molar-refractivity contribution in [2.75, 3.05) is 0 Å². The zero-order valence-electron chi connectivity index (χ0n) is 8.39. The molecule has 0 atom stereocenters. The van der Waals surface area contributed by atoms with Gasteiger partial charge in [-0.25, -0.2) is 9.97 Å². The second kappa shape index (κ2) is 5.00. The Labute approximate surface area is 107 Å². The molecule has 0 radical (unpaired) electrons. The fraction of sp³-hybridized carbons (Fsp3) is 0. The number of aromatic nitrogens is 2. The summed E-state index contributed by atoms with van der Waals surface area (Å²) in [5.74, 6) is 0.631. The quantitative estimate of drug-likeness (QED) is 0.835. The lowest BCUT2D eigenvalue weighted by molar-refractivity contribution is 0.460. The summed E-state index contributed by atoms with van der Waals surface area (Å²) in [6.45, 7) is 0. The molecule has 1 aromatic carbocycles. The minimum atomic E-state index is 0.217. The second-order valence-corrected chi connectivity index (χ2v) is 3.79. The number of hydrogen-bond acceptors (Lipinski definition) is 4. The molecule has 1 aromatic heterocycles. The summed E-state index contributed by atoms with van der Waals surface area (Å²) >= 11 is 11.8. The Morgan fingerprint density at radius 3 is 2.65 bits per heavy atom. The second-order valence-electron chi connectivity index (χ2n) is 3.01. The molecule has 84 valence electrons. The molecule has 0 spiro atoms. The lowest BCUT2D eigenvalue weighted by Gasteiger charge is -2.06. The van der Waals surface area contributed by atoms with Gasteiger partial charge in [0.2, 0.25) is 5.88 Å². The van der Waals surface area contributed by atoms with E-state index in [-0.39, 0.29) is 11.6 Å². The molecular formula is C11H5Cl2N3O. The first-order valence-corrected chi connectivity index (χ1v) is 5.30. The molecule has 0 saturated heterocycles. The fourth-order valence-corrected chi connectivity index (χ4v) is 1.43. The molecule has 0 saturated carbocycles. The van der Waals surface area contributed by atoms with E-state index in [1.165, 1.54) is 12.4 Å². The Kier molecular flexibility index (Phi) is 3.43. The van der Waals surface area contributed by atoms with Gasteiger partial charge in [0.1, 0.15) is 16.8 Å². The number of hydrogen-bond donors (Lipinski definition) is 0. The molecule has 0 amide bonds. The number of halogens is 2. The van der Waals surface area contributed by atoms with Crippen LogP contribution in [0.15, 0.2) is 30.6 Å². The maximum absolute atomic E-state index is 8.57. The van der Waals surface area contributed by atoms with E-state index in [1.807, 2.05) is 6.07 Å². The first kappa shape index (κ1) is 11.6. The molecule has 2 rings (SSSR count). The minimum absolute atomic E-state index is 0.217. The summed E-state index contributed by atoms with van der Waals surface area (Å²) < 4.78 is 5.39. The number of nitriles is 1. The molecular weight excluding hydrogens is 261 g/mol. The van der Waals surface area contributed by atoms with E-state index in [4.69, 9.17) is 33.2 Å².